The molecule has 0 aliphatic carbocycles. The first-order chi connectivity index (χ1) is 10.1. The number of benzene rings is 1. The largest absolute Gasteiger partial charge is 0.444 e. The van der Waals surface area contributed by atoms with Gasteiger partial charge in [0.05, 0.1) is 0 Å². The number of halogens is 3. The third-order valence-electron chi connectivity index (χ3n) is 2.34. The number of ether oxygens (including phenoxy) is 2. The number of alkyl carbamates (subject to hydrolysis) is 1. The molecule has 0 spiro atoms. The van der Waals surface area contributed by atoms with E-state index in [9.17, 15) is 22.8 Å². The molecule has 0 aromatic heterocycles. The summed E-state index contributed by atoms with van der Waals surface area (Å²) in [7, 11) is 0. The van der Waals surface area contributed by atoms with Crippen molar-refractivity contribution in [2.75, 3.05) is 0 Å². The Bertz CT molecular complexity index is 543. The molecule has 5 nitrogen and oxygen atoms in total. The van der Waals surface area contributed by atoms with Gasteiger partial charge in [-0.3, -0.25) is 0 Å². The van der Waals surface area contributed by atoms with Crippen LogP contribution in [-0.4, -0.2) is 24.6 Å². The van der Waals surface area contributed by atoms with Gasteiger partial charge in [-0.25, -0.2) is 9.18 Å². The molecule has 1 rings (SSSR count). The predicted molar refractivity (Wildman–Crippen MR) is 71.2 cm³/mol. The van der Waals surface area contributed by atoms with E-state index in [1.165, 1.54) is 0 Å². The van der Waals surface area contributed by atoms with Gasteiger partial charge in [-0.2, -0.15) is 8.78 Å². The quantitative estimate of drug-likeness (QED) is 0.847. The third kappa shape index (κ3) is 5.63. The molecule has 0 radical (unpaired) electrons. The molecule has 1 N–H and O–H groups in total. The highest BCUT2D eigenvalue weighted by atomic mass is 19.3. The van der Waals surface area contributed by atoms with E-state index >= 15 is 0 Å². The fraction of sp³-hybridized carbons (Fsp3) is 0.429. The van der Waals surface area contributed by atoms with Gasteiger partial charge >= 0.3 is 12.7 Å². The summed E-state index contributed by atoms with van der Waals surface area (Å²) >= 11 is 0. The molecule has 1 aromatic rings. The molecule has 8 heteroatoms. The highest BCUT2D eigenvalue weighted by Gasteiger charge is 2.22. The lowest BCUT2D eigenvalue weighted by molar-refractivity contribution is -0.109. The Morgan fingerprint density at radius 3 is 2.41 bits per heavy atom. The third-order valence-corrected chi connectivity index (χ3v) is 2.34. The fourth-order valence-corrected chi connectivity index (χ4v) is 1.56. The zero-order valence-corrected chi connectivity index (χ0v) is 12.2. The number of aldehydes is 1. The standard InChI is InChI=1S/C14H16F3NO4/c1-14(2,3)22-13(20)18-11(7-19)9-5-4-8(6-10(9)15)21-12(16)17/h4-7,11-12H,1-3H3,(H,18,20). The number of nitrogens with one attached hydrogen (secondary N) is 1. The zero-order chi connectivity index (χ0) is 16.9. The van der Waals surface area contributed by atoms with Crippen LogP contribution in [0.15, 0.2) is 18.2 Å². The molecule has 1 amide bonds. The van der Waals surface area contributed by atoms with E-state index in [4.69, 9.17) is 4.74 Å². The van der Waals surface area contributed by atoms with Crippen molar-refractivity contribution in [3.63, 3.8) is 0 Å². The highest BCUT2D eigenvalue weighted by Crippen LogP contribution is 2.23. The van der Waals surface area contributed by atoms with E-state index in [1.54, 1.807) is 20.8 Å². The molecule has 0 aliphatic rings. The second-order valence-electron chi connectivity index (χ2n) is 5.32. The summed E-state index contributed by atoms with van der Waals surface area (Å²) in [5, 5.41) is 2.18. The lowest BCUT2D eigenvalue weighted by Crippen LogP contribution is -2.35. The van der Waals surface area contributed by atoms with Gasteiger partial charge in [0, 0.05) is 11.6 Å². The lowest BCUT2D eigenvalue weighted by Gasteiger charge is -2.21. The SMILES string of the molecule is CC(C)(C)OC(=O)NC(C=O)c1ccc(OC(F)F)cc1F. The molecule has 0 fully saturated rings. The van der Waals surface area contributed by atoms with Gasteiger partial charge < -0.3 is 19.6 Å². The molecule has 0 saturated carbocycles. The molecule has 0 saturated heterocycles. The molecule has 122 valence electrons. The van der Waals surface area contributed by atoms with Gasteiger partial charge in [-0.15, -0.1) is 0 Å². The minimum atomic E-state index is -3.09. The van der Waals surface area contributed by atoms with Crippen LogP contribution in [0.2, 0.25) is 0 Å². The molecular weight excluding hydrogens is 303 g/mol. The van der Waals surface area contributed by atoms with Crippen molar-refractivity contribution < 1.29 is 32.2 Å². The average Bonchev–Trinajstić information content (AvgIpc) is 2.33. The van der Waals surface area contributed by atoms with Gasteiger partial charge in [0.2, 0.25) is 0 Å². The van der Waals surface area contributed by atoms with Crippen molar-refractivity contribution in [2.24, 2.45) is 0 Å². The van der Waals surface area contributed by atoms with Gasteiger partial charge in [0.1, 0.15) is 29.5 Å². The number of rotatable bonds is 5. The zero-order valence-electron chi connectivity index (χ0n) is 12.2. The summed E-state index contributed by atoms with van der Waals surface area (Å²) in [4.78, 5) is 22.6. The van der Waals surface area contributed by atoms with Gasteiger partial charge in [0.15, 0.2) is 0 Å². The minimum Gasteiger partial charge on any atom is -0.444 e. The second kappa shape index (κ2) is 7.15. The van der Waals surface area contributed by atoms with Crippen molar-refractivity contribution in [1.82, 2.24) is 5.32 Å². The van der Waals surface area contributed by atoms with Crippen LogP contribution in [-0.2, 0) is 9.53 Å². The number of carbonyl (C=O) groups excluding carboxylic acids is 2. The van der Waals surface area contributed by atoms with Gasteiger partial charge in [0.25, 0.3) is 0 Å². The normalized spacial score (nSPS) is 12.7. The van der Waals surface area contributed by atoms with E-state index in [0.717, 1.165) is 12.1 Å². The van der Waals surface area contributed by atoms with Crippen molar-refractivity contribution in [1.29, 1.82) is 0 Å². The maximum absolute atomic E-state index is 13.9. The first-order valence-electron chi connectivity index (χ1n) is 6.31. The lowest BCUT2D eigenvalue weighted by atomic mass is 10.1. The van der Waals surface area contributed by atoms with Crippen molar-refractivity contribution in [3.8, 4) is 5.75 Å². The van der Waals surface area contributed by atoms with Crippen LogP contribution < -0.4 is 10.1 Å². The summed E-state index contributed by atoms with van der Waals surface area (Å²) in [5.41, 5.74) is -0.979. The van der Waals surface area contributed by atoms with Crippen LogP contribution in [0, 0.1) is 5.82 Å². The van der Waals surface area contributed by atoms with Crippen molar-refractivity contribution in [3.05, 3.63) is 29.6 Å². The Hall–Kier alpha value is -2.25. The van der Waals surface area contributed by atoms with Crippen LogP contribution in [0.3, 0.4) is 0 Å². The molecule has 0 bridgehead atoms. The first kappa shape index (κ1) is 17.8. The maximum atomic E-state index is 13.9. The van der Waals surface area contributed by atoms with Gasteiger partial charge in [-0.1, -0.05) is 0 Å². The summed E-state index contributed by atoms with van der Waals surface area (Å²) in [6.45, 7) is 1.78. The number of hydrogen-bond donors (Lipinski definition) is 1. The van der Waals surface area contributed by atoms with E-state index in [2.05, 4.69) is 10.1 Å². The van der Waals surface area contributed by atoms with Crippen molar-refractivity contribution >= 4 is 12.4 Å². The Balaban J connectivity index is 2.87. The maximum Gasteiger partial charge on any atom is 0.408 e. The summed E-state index contributed by atoms with van der Waals surface area (Å²) in [6.07, 6.45) is -0.604. The van der Waals surface area contributed by atoms with E-state index < -0.39 is 35.9 Å². The molecular formula is C14H16F3NO4. The Morgan fingerprint density at radius 2 is 1.95 bits per heavy atom. The molecule has 1 atom stereocenters. The van der Waals surface area contributed by atoms with Crippen molar-refractivity contribution in [2.45, 2.75) is 39.0 Å². The Labute approximate surface area is 125 Å². The molecule has 1 unspecified atom stereocenters. The topological polar surface area (TPSA) is 64.6 Å². The van der Waals surface area contributed by atoms with E-state index in [-0.39, 0.29) is 5.56 Å². The van der Waals surface area contributed by atoms with Crippen LogP contribution in [0.5, 0.6) is 5.75 Å². The summed E-state index contributed by atoms with van der Waals surface area (Å²) < 4.78 is 46.9. The Kier molecular flexibility index (Phi) is 5.78. The monoisotopic (exact) mass is 319 g/mol. The second-order valence-corrected chi connectivity index (χ2v) is 5.32. The first-order valence-corrected chi connectivity index (χ1v) is 6.31. The highest BCUT2D eigenvalue weighted by molar-refractivity contribution is 5.74. The van der Waals surface area contributed by atoms with Crippen LogP contribution >= 0.6 is 0 Å². The molecule has 22 heavy (non-hydrogen) atoms. The molecule has 0 heterocycles. The number of carbonyl (C=O) groups is 2. The Morgan fingerprint density at radius 1 is 1.32 bits per heavy atom. The summed E-state index contributed by atoms with van der Waals surface area (Å²) in [5.74, 6) is -1.36. The minimum absolute atomic E-state index is 0.192. The molecule has 0 aliphatic heterocycles. The van der Waals surface area contributed by atoms with E-state index in [1.807, 2.05) is 0 Å². The fourth-order valence-electron chi connectivity index (χ4n) is 1.56. The van der Waals surface area contributed by atoms with Crippen LogP contribution in [0.25, 0.3) is 0 Å². The molecule has 1 aromatic carbocycles. The van der Waals surface area contributed by atoms with Gasteiger partial charge in [-0.05, 0) is 32.9 Å². The predicted octanol–water partition coefficient (Wildman–Crippen LogP) is 3.19. The van der Waals surface area contributed by atoms with Crippen LogP contribution in [0.1, 0.15) is 32.4 Å². The van der Waals surface area contributed by atoms with Crippen LogP contribution in [0.4, 0.5) is 18.0 Å². The number of alkyl halides is 2. The number of hydrogen-bond acceptors (Lipinski definition) is 4. The number of amides is 1. The van der Waals surface area contributed by atoms with E-state index in [0.29, 0.717) is 12.4 Å². The summed E-state index contributed by atoms with van der Waals surface area (Å²) in [6, 6.07) is 1.53. The average molecular weight is 319 g/mol. The smallest absolute Gasteiger partial charge is 0.408 e.